The zero-order valence-electron chi connectivity index (χ0n) is 7.20. The van der Waals surface area contributed by atoms with E-state index in [1.165, 1.54) is 30.2 Å². The summed E-state index contributed by atoms with van der Waals surface area (Å²) in [7, 11) is 0. The van der Waals surface area contributed by atoms with Crippen molar-refractivity contribution in [2.75, 3.05) is 0 Å². The van der Waals surface area contributed by atoms with Gasteiger partial charge in [-0.3, -0.25) is 0 Å². The third-order valence-corrected chi connectivity index (χ3v) is 4.31. The first kappa shape index (κ1) is 11.2. The van der Waals surface area contributed by atoms with E-state index in [1.54, 1.807) is 0 Å². The molecule has 2 heteroatoms. The van der Waals surface area contributed by atoms with Crippen molar-refractivity contribution in [3.63, 3.8) is 0 Å². The van der Waals surface area contributed by atoms with Gasteiger partial charge in [0.15, 0.2) is 0 Å². The van der Waals surface area contributed by atoms with E-state index >= 15 is 0 Å². The molecule has 0 aromatic carbocycles. The Kier molecular flexibility index (Phi) is 9.38. The Balaban J connectivity index is 2.97. The summed E-state index contributed by atoms with van der Waals surface area (Å²) >= 11 is 3.75. The fourth-order valence-electron chi connectivity index (χ4n) is 1.22. The van der Waals surface area contributed by atoms with Gasteiger partial charge in [-0.05, 0) is 5.92 Å². The molecule has 0 aromatic heterocycles. The van der Waals surface area contributed by atoms with Gasteiger partial charge in [0.05, 0.1) is 0 Å². The molecule has 0 saturated heterocycles. The predicted molar refractivity (Wildman–Crippen MR) is 52.8 cm³/mol. The molecule has 1 atom stereocenters. The summed E-state index contributed by atoms with van der Waals surface area (Å²) in [5.41, 5.74) is 0. The van der Waals surface area contributed by atoms with Crippen LogP contribution in [0.5, 0.6) is 0 Å². The van der Waals surface area contributed by atoms with Gasteiger partial charge in [-0.2, -0.15) is 0 Å². The third-order valence-electron chi connectivity index (χ3n) is 1.86. The van der Waals surface area contributed by atoms with Gasteiger partial charge in [-0.15, -0.1) is 4.55 Å². The van der Waals surface area contributed by atoms with E-state index in [9.17, 15) is 0 Å². The summed E-state index contributed by atoms with van der Waals surface area (Å²) in [5.74, 6) is 0.970. The second-order valence-corrected chi connectivity index (χ2v) is 6.54. The summed E-state index contributed by atoms with van der Waals surface area (Å²) in [6, 6.07) is 0. The monoisotopic (exact) mass is 216 g/mol. The lowest BCUT2D eigenvalue weighted by atomic mass is 10.0. The van der Waals surface area contributed by atoms with Gasteiger partial charge in [0.25, 0.3) is 0 Å². The second kappa shape index (κ2) is 8.34. The van der Waals surface area contributed by atoms with Crippen molar-refractivity contribution in [3.05, 3.63) is 0 Å². The third kappa shape index (κ3) is 7.35. The normalized spacial score (nSPS) is 12.7. The lowest BCUT2D eigenvalue weighted by molar-refractivity contribution is 0.480. The smallest absolute Gasteiger partial charge is 0.307 e. The molecule has 0 aliphatic heterocycles. The van der Waals surface area contributed by atoms with E-state index in [2.05, 4.69) is 26.7 Å². The van der Waals surface area contributed by atoms with Crippen molar-refractivity contribution in [2.24, 2.45) is 5.92 Å². The highest BCUT2D eigenvalue weighted by atomic mass is 79.9. The lowest BCUT2D eigenvalue weighted by Crippen LogP contribution is -1.93. The maximum absolute atomic E-state index is 3.58. The quantitative estimate of drug-likeness (QED) is 0.471. The molecule has 0 amide bonds. The van der Waals surface area contributed by atoms with E-state index in [0.717, 1.165) is 5.92 Å². The van der Waals surface area contributed by atoms with E-state index in [1.807, 2.05) is 0 Å². The van der Waals surface area contributed by atoms with Gasteiger partial charge in [0.2, 0.25) is 0 Å². The number of halogens is 1. The Morgan fingerprint density at radius 3 is 2.60 bits per heavy atom. The van der Waals surface area contributed by atoms with Crippen LogP contribution in [0.15, 0.2) is 0 Å². The number of hydrogen-bond acceptors (Lipinski definition) is 0. The van der Waals surface area contributed by atoms with Gasteiger partial charge in [0, 0.05) is 0 Å². The van der Waals surface area contributed by atoms with Crippen LogP contribution in [-0.2, 0) is 0 Å². The molecule has 0 aromatic rings. The highest BCUT2D eigenvalue weighted by Crippen LogP contribution is 2.13. The van der Waals surface area contributed by atoms with Crippen LogP contribution in [0.25, 0.3) is 0 Å². The van der Waals surface area contributed by atoms with E-state index in [4.69, 9.17) is 0 Å². The number of hydrogen-bond donors (Lipinski definition) is 0. The van der Waals surface area contributed by atoms with Crippen LogP contribution in [0.4, 0.5) is 0 Å². The highest BCUT2D eigenvalue weighted by molar-refractivity contribution is 9.23. The van der Waals surface area contributed by atoms with Crippen molar-refractivity contribution in [1.29, 1.82) is 0 Å². The molecule has 0 spiro atoms. The SMILES string of the molecule is CCCC(C)CC[CH2][Mg][Br]. The molecule has 0 N–H and O–H groups in total. The minimum Gasteiger partial charge on any atom is -0.307 e. The molecule has 58 valence electrons. The van der Waals surface area contributed by atoms with E-state index in [-0.39, 0.29) is 18.2 Å². The lowest BCUT2D eigenvalue weighted by Gasteiger charge is -2.07. The molecule has 1 unspecified atom stereocenters. The fraction of sp³-hybridized carbons (Fsp3) is 1.00. The summed E-state index contributed by atoms with van der Waals surface area (Å²) in [5, 5.41) is 0. The zero-order chi connectivity index (χ0) is 7.82. The Labute approximate surface area is 80.7 Å². The Morgan fingerprint density at radius 1 is 1.40 bits per heavy atom. The molecule has 0 heterocycles. The molecule has 0 nitrogen and oxygen atoms in total. The van der Waals surface area contributed by atoms with Crippen LogP contribution in [0.2, 0.25) is 4.55 Å². The van der Waals surface area contributed by atoms with Gasteiger partial charge in [0.1, 0.15) is 0 Å². The summed E-state index contributed by atoms with van der Waals surface area (Å²) < 4.78 is 1.48. The minimum absolute atomic E-state index is 0.170. The predicted octanol–water partition coefficient (Wildman–Crippen LogP) is 3.64. The second-order valence-electron chi connectivity index (χ2n) is 3.08. The van der Waals surface area contributed by atoms with Crippen LogP contribution in [0.1, 0.15) is 39.5 Å². The van der Waals surface area contributed by atoms with Crippen molar-refractivity contribution in [3.8, 4) is 0 Å². The molecular formula is C8H17BrMg. The Bertz CT molecular complexity index is 66.3. The van der Waals surface area contributed by atoms with Gasteiger partial charge in [-0.1, -0.05) is 39.5 Å². The molecule has 10 heavy (non-hydrogen) atoms. The summed E-state index contributed by atoms with van der Waals surface area (Å²) in [6.07, 6.45) is 5.68. The molecule has 0 rings (SSSR count). The molecule has 0 saturated carbocycles. The maximum Gasteiger partial charge on any atom is 0.468 e. The van der Waals surface area contributed by atoms with E-state index < -0.39 is 0 Å². The van der Waals surface area contributed by atoms with Gasteiger partial charge in [-0.25, -0.2) is 0 Å². The largest absolute Gasteiger partial charge is 0.468 e. The molecule has 0 radical (unpaired) electrons. The van der Waals surface area contributed by atoms with E-state index in [0.29, 0.717) is 0 Å². The summed E-state index contributed by atoms with van der Waals surface area (Å²) in [4.78, 5) is 0. The first-order valence-electron chi connectivity index (χ1n) is 4.37. The van der Waals surface area contributed by atoms with Gasteiger partial charge >= 0.3 is 18.2 Å². The average Bonchev–Trinajstić information content (AvgIpc) is 1.89. The minimum atomic E-state index is 0.170. The Hall–Kier alpha value is 1.25. The van der Waals surface area contributed by atoms with Gasteiger partial charge < -0.3 is 12.9 Å². The van der Waals surface area contributed by atoms with Crippen molar-refractivity contribution >= 4 is 31.1 Å². The first-order chi connectivity index (χ1) is 4.81. The van der Waals surface area contributed by atoms with Crippen molar-refractivity contribution in [1.82, 2.24) is 0 Å². The Morgan fingerprint density at radius 2 is 2.10 bits per heavy atom. The standard InChI is InChI=1S/C8H17.BrH.Mg/c1-4-6-8(3)7-5-2;;/h8H,1,4-7H2,2-3H3;1H;/q;;+1/p-1. The molecule has 0 bridgehead atoms. The molecule has 0 aliphatic rings. The van der Waals surface area contributed by atoms with Crippen LogP contribution < -0.4 is 0 Å². The van der Waals surface area contributed by atoms with Crippen LogP contribution in [-0.4, -0.2) is 18.2 Å². The first-order valence-corrected chi connectivity index (χ1v) is 9.27. The average molecular weight is 217 g/mol. The molecule has 0 aliphatic carbocycles. The number of rotatable bonds is 6. The van der Waals surface area contributed by atoms with Crippen molar-refractivity contribution in [2.45, 2.75) is 44.1 Å². The van der Waals surface area contributed by atoms with Crippen LogP contribution in [0.3, 0.4) is 0 Å². The van der Waals surface area contributed by atoms with Crippen LogP contribution in [0, 0.1) is 5.92 Å². The topological polar surface area (TPSA) is 0 Å². The molecule has 0 fully saturated rings. The highest BCUT2D eigenvalue weighted by Gasteiger charge is 1.99. The maximum atomic E-state index is 3.58. The van der Waals surface area contributed by atoms with Crippen LogP contribution >= 0.6 is 12.9 Å². The fourth-order valence-corrected chi connectivity index (χ4v) is 2.89. The zero-order valence-corrected chi connectivity index (χ0v) is 10.2. The van der Waals surface area contributed by atoms with Crippen molar-refractivity contribution < 1.29 is 0 Å². The summed E-state index contributed by atoms with van der Waals surface area (Å²) in [6.45, 7) is 4.65. The molecular weight excluding hydrogens is 200 g/mol.